The molecule has 0 aliphatic carbocycles. The summed E-state index contributed by atoms with van der Waals surface area (Å²) in [7, 11) is 0. The van der Waals surface area contributed by atoms with Gasteiger partial charge in [0.25, 0.3) is 0 Å². The Morgan fingerprint density at radius 1 is 1.30 bits per heavy atom. The van der Waals surface area contributed by atoms with Gasteiger partial charge in [-0.15, -0.1) is 0 Å². The van der Waals surface area contributed by atoms with E-state index in [0.29, 0.717) is 0 Å². The minimum Gasteiger partial charge on any atom is -0.0996 e. The SMILES string of the molecule is C=C([CH]CCCC)CCC. The van der Waals surface area contributed by atoms with E-state index in [1.807, 2.05) is 0 Å². The van der Waals surface area contributed by atoms with E-state index in [1.165, 1.54) is 37.7 Å². The Balaban J connectivity index is 3.05. The first kappa shape index (κ1) is 9.74. The molecule has 10 heavy (non-hydrogen) atoms. The molecule has 0 aliphatic rings. The van der Waals surface area contributed by atoms with Crippen LogP contribution >= 0.6 is 0 Å². The Morgan fingerprint density at radius 3 is 2.50 bits per heavy atom. The molecule has 59 valence electrons. The van der Waals surface area contributed by atoms with Gasteiger partial charge in [0.2, 0.25) is 0 Å². The third-order valence-electron chi connectivity index (χ3n) is 1.56. The van der Waals surface area contributed by atoms with Crippen LogP contribution in [0.1, 0.15) is 46.0 Å². The van der Waals surface area contributed by atoms with Crippen LogP contribution in [0.15, 0.2) is 12.2 Å². The van der Waals surface area contributed by atoms with E-state index >= 15 is 0 Å². The number of hydrogen-bond acceptors (Lipinski definition) is 0. The molecule has 0 atom stereocenters. The molecule has 0 rings (SSSR count). The molecule has 0 unspecified atom stereocenters. The van der Waals surface area contributed by atoms with Crippen LogP contribution in [0.3, 0.4) is 0 Å². The maximum absolute atomic E-state index is 3.96. The molecule has 0 amide bonds. The van der Waals surface area contributed by atoms with Gasteiger partial charge in [-0.1, -0.05) is 45.3 Å². The molecule has 0 spiro atoms. The van der Waals surface area contributed by atoms with Crippen LogP contribution in [0, 0.1) is 6.42 Å². The summed E-state index contributed by atoms with van der Waals surface area (Å²) in [5, 5.41) is 0. The Hall–Kier alpha value is -0.260. The van der Waals surface area contributed by atoms with Gasteiger partial charge in [-0.3, -0.25) is 0 Å². The molecule has 0 aliphatic heterocycles. The predicted molar refractivity (Wildman–Crippen MR) is 47.9 cm³/mol. The van der Waals surface area contributed by atoms with E-state index in [9.17, 15) is 0 Å². The van der Waals surface area contributed by atoms with Gasteiger partial charge in [0.15, 0.2) is 0 Å². The first-order chi connectivity index (χ1) is 4.81. The van der Waals surface area contributed by atoms with Crippen LogP contribution < -0.4 is 0 Å². The van der Waals surface area contributed by atoms with Gasteiger partial charge < -0.3 is 0 Å². The molecule has 1 radical (unpaired) electrons. The van der Waals surface area contributed by atoms with Gasteiger partial charge >= 0.3 is 0 Å². The predicted octanol–water partition coefficient (Wildman–Crippen LogP) is 3.74. The van der Waals surface area contributed by atoms with Crippen molar-refractivity contribution in [3.63, 3.8) is 0 Å². The zero-order valence-corrected chi connectivity index (χ0v) is 7.32. The summed E-state index contributed by atoms with van der Waals surface area (Å²) in [6.07, 6.45) is 8.48. The number of rotatable bonds is 6. The molecule has 0 fully saturated rings. The molecule has 0 bridgehead atoms. The summed E-state index contributed by atoms with van der Waals surface area (Å²) in [5.41, 5.74) is 1.32. The van der Waals surface area contributed by atoms with Crippen LogP contribution in [0.5, 0.6) is 0 Å². The average Bonchev–Trinajstić information content (AvgIpc) is 1.89. The van der Waals surface area contributed by atoms with Crippen molar-refractivity contribution in [2.75, 3.05) is 0 Å². The van der Waals surface area contributed by atoms with Crippen molar-refractivity contribution in [2.45, 2.75) is 46.0 Å². The smallest absolute Gasteiger partial charge is 0.0140 e. The summed E-state index contributed by atoms with van der Waals surface area (Å²) in [6, 6.07) is 0. The van der Waals surface area contributed by atoms with Gasteiger partial charge in [0.1, 0.15) is 0 Å². The van der Waals surface area contributed by atoms with E-state index < -0.39 is 0 Å². The van der Waals surface area contributed by atoms with E-state index in [4.69, 9.17) is 0 Å². The molecule has 0 aromatic heterocycles. The third kappa shape index (κ3) is 5.87. The number of unbranched alkanes of at least 4 members (excludes halogenated alkanes) is 2. The van der Waals surface area contributed by atoms with E-state index in [0.717, 1.165) is 0 Å². The largest absolute Gasteiger partial charge is 0.0996 e. The molecule has 0 N–H and O–H groups in total. The van der Waals surface area contributed by atoms with Gasteiger partial charge in [-0.05, 0) is 19.3 Å². The van der Waals surface area contributed by atoms with Crippen molar-refractivity contribution >= 4 is 0 Å². The monoisotopic (exact) mass is 139 g/mol. The zero-order valence-electron chi connectivity index (χ0n) is 7.32. The lowest BCUT2D eigenvalue weighted by molar-refractivity contribution is 0.774. The van der Waals surface area contributed by atoms with Crippen molar-refractivity contribution in [1.82, 2.24) is 0 Å². The molecule has 0 saturated heterocycles. The molecule has 0 heterocycles. The highest BCUT2D eigenvalue weighted by atomic mass is 14.0. The average molecular weight is 139 g/mol. The Morgan fingerprint density at radius 2 is 2.00 bits per heavy atom. The Labute approximate surface area is 65.3 Å². The Kier molecular flexibility index (Phi) is 6.68. The fourth-order valence-electron chi connectivity index (χ4n) is 0.933. The normalized spacial score (nSPS) is 9.80. The molecular formula is C10H19. The lowest BCUT2D eigenvalue weighted by Gasteiger charge is -2.00. The highest BCUT2D eigenvalue weighted by molar-refractivity contribution is 5.06. The zero-order chi connectivity index (χ0) is 7.82. The minimum absolute atomic E-state index is 1.17. The van der Waals surface area contributed by atoms with Crippen LogP contribution in [-0.2, 0) is 0 Å². The van der Waals surface area contributed by atoms with Crippen molar-refractivity contribution in [2.24, 2.45) is 0 Å². The first-order valence-electron chi connectivity index (χ1n) is 4.32. The molecular weight excluding hydrogens is 120 g/mol. The van der Waals surface area contributed by atoms with Gasteiger partial charge in [-0.25, -0.2) is 0 Å². The van der Waals surface area contributed by atoms with E-state index in [1.54, 1.807) is 0 Å². The topological polar surface area (TPSA) is 0 Å². The minimum atomic E-state index is 1.17. The van der Waals surface area contributed by atoms with Gasteiger partial charge in [0, 0.05) is 0 Å². The standard InChI is InChI=1S/C10H19/c1-4-6-7-9-10(3)8-5-2/h9H,3-8H2,1-2H3. The summed E-state index contributed by atoms with van der Waals surface area (Å²) < 4.78 is 0. The summed E-state index contributed by atoms with van der Waals surface area (Å²) >= 11 is 0. The fraction of sp³-hybridized carbons (Fsp3) is 0.700. The van der Waals surface area contributed by atoms with Crippen LogP contribution in [-0.4, -0.2) is 0 Å². The lowest BCUT2D eigenvalue weighted by Crippen LogP contribution is -1.82. The second-order valence-electron chi connectivity index (χ2n) is 2.75. The molecule has 0 nitrogen and oxygen atoms in total. The van der Waals surface area contributed by atoms with Crippen molar-refractivity contribution < 1.29 is 0 Å². The number of allylic oxidation sites excluding steroid dienone is 1. The first-order valence-corrected chi connectivity index (χ1v) is 4.32. The van der Waals surface area contributed by atoms with Gasteiger partial charge in [-0.2, -0.15) is 0 Å². The van der Waals surface area contributed by atoms with Crippen molar-refractivity contribution in [1.29, 1.82) is 0 Å². The van der Waals surface area contributed by atoms with Crippen molar-refractivity contribution in [3.05, 3.63) is 18.6 Å². The molecule has 0 aromatic rings. The second kappa shape index (κ2) is 6.85. The second-order valence-corrected chi connectivity index (χ2v) is 2.75. The van der Waals surface area contributed by atoms with Crippen LogP contribution in [0.25, 0.3) is 0 Å². The highest BCUT2D eigenvalue weighted by Gasteiger charge is 1.91. The Bertz CT molecular complexity index is 82.0. The van der Waals surface area contributed by atoms with Crippen LogP contribution in [0.4, 0.5) is 0 Å². The molecule has 0 saturated carbocycles. The number of hydrogen-bond donors (Lipinski definition) is 0. The quantitative estimate of drug-likeness (QED) is 0.492. The molecule has 0 heteroatoms. The summed E-state index contributed by atoms with van der Waals surface area (Å²) in [6.45, 7) is 8.37. The fourth-order valence-corrected chi connectivity index (χ4v) is 0.933. The third-order valence-corrected chi connectivity index (χ3v) is 1.56. The summed E-state index contributed by atoms with van der Waals surface area (Å²) in [4.78, 5) is 0. The highest BCUT2D eigenvalue weighted by Crippen LogP contribution is 2.10. The maximum atomic E-state index is 3.96. The maximum Gasteiger partial charge on any atom is -0.0140 e. The van der Waals surface area contributed by atoms with Crippen molar-refractivity contribution in [3.8, 4) is 0 Å². The van der Waals surface area contributed by atoms with E-state index in [2.05, 4.69) is 26.8 Å². The molecule has 0 aromatic carbocycles. The van der Waals surface area contributed by atoms with Crippen LogP contribution in [0.2, 0.25) is 0 Å². The van der Waals surface area contributed by atoms with E-state index in [-0.39, 0.29) is 0 Å². The van der Waals surface area contributed by atoms with Gasteiger partial charge in [0.05, 0.1) is 0 Å². The summed E-state index contributed by atoms with van der Waals surface area (Å²) in [5.74, 6) is 0. The lowest BCUT2D eigenvalue weighted by atomic mass is 10.1.